The first-order chi connectivity index (χ1) is 14.1. The van der Waals surface area contributed by atoms with Gasteiger partial charge in [0.15, 0.2) is 0 Å². The second-order valence-corrected chi connectivity index (χ2v) is 12.0. The SMILES string of the molecule is COc1ccc(/C=C(\c2ccccc2)[Si](C)(C)c2cccc3cccnc23)cc1. The minimum Gasteiger partial charge on any atom is -0.497 e. The topological polar surface area (TPSA) is 22.1 Å². The predicted octanol–water partition coefficient (Wildman–Crippen LogP) is 5.94. The molecular formula is C26H25NOSi. The van der Waals surface area contributed by atoms with Crippen LogP contribution >= 0.6 is 0 Å². The number of aromatic nitrogens is 1. The lowest BCUT2D eigenvalue weighted by molar-refractivity contribution is 0.415. The fraction of sp³-hybridized carbons (Fsp3) is 0.115. The minimum atomic E-state index is -2.05. The largest absolute Gasteiger partial charge is 0.497 e. The molecule has 3 heteroatoms. The molecule has 0 saturated carbocycles. The van der Waals surface area contributed by atoms with Gasteiger partial charge >= 0.3 is 0 Å². The molecule has 4 aromatic rings. The summed E-state index contributed by atoms with van der Waals surface area (Å²) in [5.74, 6) is 0.873. The maximum absolute atomic E-state index is 5.32. The molecule has 0 saturated heterocycles. The van der Waals surface area contributed by atoms with Crippen molar-refractivity contribution in [2.75, 3.05) is 7.11 Å². The van der Waals surface area contributed by atoms with Crippen molar-refractivity contribution >= 4 is 35.4 Å². The van der Waals surface area contributed by atoms with E-state index in [-0.39, 0.29) is 0 Å². The molecule has 144 valence electrons. The monoisotopic (exact) mass is 395 g/mol. The average Bonchev–Trinajstić information content (AvgIpc) is 2.78. The smallest absolute Gasteiger partial charge is 0.118 e. The molecule has 29 heavy (non-hydrogen) atoms. The number of pyridine rings is 1. The van der Waals surface area contributed by atoms with Crippen molar-refractivity contribution in [1.82, 2.24) is 4.98 Å². The summed E-state index contributed by atoms with van der Waals surface area (Å²) < 4.78 is 5.32. The van der Waals surface area contributed by atoms with Gasteiger partial charge in [-0.1, -0.05) is 85.9 Å². The molecule has 0 bridgehead atoms. The summed E-state index contributed by atoms with van der Waals surface area (Å²) in [6.45, 7) is 4.83. The Morgan fingerprint density at radius 1 is 0.828 bits per heavy atom. The molecular weight excluding hydrogens is 370 g/mol. The molecule has 1 aromatic heterocycles. The van der Waals surface area contributed by atoms with Gasteiger partial charge < -0.3 is 4.74 Å². The molecule has 0 fully saturated rings. The number of hydrogen-bond donors (Lipinski definition) is 0. The van der Waals surface area contributed by atoms with Crippen LogP contribution in [0, 0.1) is 0 Å². The number of ether oxygens (including phenoxy) is 1. The zero-order chi connectivity index (χ0) is 20.3. The Morgan fingerprint density at radius 2 is 1.55 bits per heavy atom. The molecule has 2 nitrogen and oxygen atoms in total. The van der Waals surface area contributed by atoms with Crippen molar-refractivity contribution < 1.29 is 4.74 Å². The highest BCUT2D eigenvalue weighted by molar-refractivity contribution is 7.06. The zero-order valence-electron chi connectivity index (χ0n) is 17.1. The molecule has 0 spiro atoms. The summed E-state index contributed by atoms with van der Waals surface area (Å²) in [5, 5.41) is 3.95. The number of benzene rings is 3. The van der Waals surface area contributed by atoms with Gasteiger partial charge in [-0.3, -0.25) is 4.98 Å². The first kappa shape index (κ1) is 19.2. The number of nitrogens with zero attached hydrogens (tertiary/aromatic N) is 1. The van der Waals surface area contributed by atoms with Crippen LogP contribution in [-0.2, 0) is 0 Å². The fourth-order valence-electron chi connectivity index (χ4n) is 3.86. The van der Waals surface area contributed by atoms with Crippen molar-refractivity contribution in [3.05, 3.63) is 102 Å². The third-order valence-corrected chi connectivity index (χ3v) is 9.02. The van der Waals surface area contributed by atoms with E-state index in [4.69, 9.17) is 9.72 Å². The lowest BCUT2D eigenvalue weighted by atomic mass is 10.1. The summed E-state index contributed by atoms with van der Waals surface area (Å²) in [7, 11) is -0.353. The van der Waals surface area contributed by atoms with E-state index in [1.54, 1.807) is 7.11 Å². The van der Waals surface area contributed by atoms with Gasteiger partial charge in [-0.2, -0.15) is 0 Å². The Hall–Kier alpha value is -3.17. The Bertz CT molecular complexity index is 1140. The molecule has 0 aliphatic carbocycles. The zero-order valence-corrected chi connectivity index (χ0v) is 18.1. The highest BCUT2D eigenvalue weighted by Gasteiger charge is 2.31. The molecule has 3 aromatic carbocycles. The van der Waals surface area contributed by atoms with Gasteiger partial charge in [-0.15, -0.1) is 0 Å². The van der Waals surface area contributed by atoms with Crippen LogP contribution in [0.4, 0.5) is 0 Å². The Kier molecular flexibility index (Phi) is 5.32. The lowest BCUT2D eigenvalue weighted by Crippen LogP contribution is -2.43. The van der Waals surface area contributed by atoms with E-state index >= 15 is 0 Å². The number of hydrogen-bond acceptors (Lipinski definition) is 2. The lowest BCUT2D eigenvalue weighted by Gasteiger charge is -2.28. The van der Waals surface area contributed by atoms with E-state index in [1.165, 1.54) is 26.9 Å². The first-order valence-electron chi connectivity index (χ1n) is 9.85. The Balaban J connectivity index is 1.91. The van der Waals surface area contributed by atoms with Crippen LogP contribution in [0.25, 0.3) is 22.2 Å². The van der Waals surface area contributed by atoms with Gasteiger partial charge in [0.25, 0.3) is 0 Å². The third kappa shape index (κ3) is 3.87. The van der Waals surface area contributed by atoms with Gasteiger partial charge in [-0.05, 0) is 39.7 Å². The summed E-state index contributed by atoms with van der Waals surface area (Å²) in [4.78, 5) is 4.74. The van der Waals surface area contributed by atoms with Crippen molar-refractivity contribution in [3.8, 4) is 5.75 Å². The van der Waals surface area contributed by atoms with Crippen LogP contribution in [-0.4, -0.2) is 20.2 Å². The standard InChI is InChI=1S/C26H25NOSi/c1-28-23-16-14-20(15-17-23)19-25(21-9-5-4-6-10-21)29(2,3)24-13-7-11-22-12-8-18-27-26(22)24/h4-19H,1-3H3/b25-19+. The third-order valence-electron chi connectivity index (χ3n) is 5.49. The Labute approximate surface area is 173 Å². The van der Waals surface area contributed by atoms with Crippen LogP contribution in [0.15, 0.2) is 91.1 Å². The average molecular weight is 396 g/mol. The van der Waals surface area contributed by atoms with Crippen molar-refractivity contribution in [2.24, 2.45) is 0 Å². The molecule has 0 radical (unpaired) electrons. The molecule has 0 amide bonds. The van der Waals surface area contributed by atoms with Crippen LogP contribution in [0.5, 0.6) is 5.75 Å². The molecule has 0 aliphatic heterocycles. The molecule has 4 rings (SSSR count). The quantitative estimate of drug-likeness (QED) is 0.308. The van der Waals surface area contributed by atoms with Crippen LogP contribution in [0.1, 0.15) is 11.1 Å². The summed E-state index contributed by atoms with van der Waals surface area (Å²) >= 11 is 0. The molecule has 1 heterocycles. The van der Waals surface area contributed by atoms with Gasteiger partial charge in [0.1, 0.15) is 13.8 Å². The highest BCUT2D eigenvalue weighted by atomic mass is 28.3. The first-order valence-corrected chi connectivity index (χ1v) is 12.9. The van der Waals surface area contributed by atoms with E-state index in [9.17, 15) is 0 Å². The molecule has 0 N–H and O–H groups in total. The summed E-state index contributed by atoms with van der Waals surface area (Å²) in [5.41, 5.74) is 3.56. The van der Waals surface area contributed by atoms with E-state index < -0.39 is 8.07 Å². The van der Waals surface area contributed by atoms with E-state index in [0.29, 0.717) is 0 Å². The number of para-hydroxylation sites is 1. The summed E-state index contributed by atoms with van der Waals surface area (Å²) in [6.07, 6.45) is 4.23. The molecule has 0 unspecified atom stereocenters. The van der Waals surface area contributed by atoms with Crippen LogP contribution < -0.4 is 9.92 Å². The van der Waals surface area contributed by atoms with Gasteiger partial charge in [0, 0.05) is 11.6 Å². The fourth-order valence-corrected chi connectivity index (χ4v) is 6.88. The number of fused-ring (bicyclic) bond motifs is 1. The van der Waals surface area contributed by atoms with Gasteiger partial charge in [0.2, 0.25) is 0 Å². The molecule has 0 atom stereocenters. The van der Waals surface area contributed by atoms with Crippen LogP contribution in [0.3, 0.4) is 0 Å². The maximum Gasteiger partial charge on any atom is 0.118 e. The van der Waals surface area contributed by atoms with Gasteiger partial charge in [-0.25, -0.2) is 0 Å². The van der Waals surface area contributed by atoms with Crippen molar-refractivity contribution in [2.45, 2.75) is 13.1 Å². The van der Waals surface area contributed by atoms with Gasteiger partial charge in [0.05, 0.1) is 12.6 Å². The highest BCUT2D eigenvalue weighted by Crippen LogP contribution is 2.30. The second-order valence-electron chi connectivity index (χ2n) is 7.70. The predicted molar refractivity (Wildman–Crippen MR) is 126 cm³/mol. The van der Waals surface area contributed by atoms with Crippen LogP contribution in [0.2, 0.25) is 13.1 Å². The van der Waals surface area contributed by atoms with Crippen molar-refractivity contribution in [1.29, 1.82) is 0 Å². The normalized spacial score (nSPS) is 12.2. The maximum atomic E-state index is 5.32. The number of rotatable bonds is 5. The Morgan fingerprint density at radius 3 is 2.28 bits per heavy atom. The van der Waals surface area contributed by atoms with E-state index in [1.807, 2.05) is 24.4 Å². The van der Waals surface area contributed by atoms with E-state index in [2.05, 4.69) is 85.9 Å². The van der Waals surface area contributed by atoms with Crippen molar-refractivity contribution in [3.63, 3.8) is 0 Å². The minimum absolute atomic E-state index is 0.873. The van der Waals surface area contributed by atoms with E-state index in [0.717, 1.165) is 11.3 Å². The second kappa shape index (κ2) is 8.06. The molecule has 0 aliphatic rings. The number of methoxy groups -OCH3 is 1. The summed E-state index contributed by atoms with van der Waals surface area (Å²) in [6, 6.07) is 29.7.